The number of likely N-dealkylation sites (N-methyl/N-ethyl adjacent to an activating group) is 1. The quantitative estimate of drug-likeness (QED) is 0.419. The number of nitrogens with two attached hydrogens (primary N) is 1. The average molecular weight is 438 g/mol. The van der Waals surface area contributed by atoms with Gasteiger partial charge in [0.15, 0.2) is 11.0 Å². The smallest absolute Gasteiger partial charge is 0.169 e. The summed E-state index contributed by atoms with van der Waals surface area (Å²) in [5, 5.41) is 1.91. The second-order valence-electron chi connectivity index (χ2n) is 7.52. The van der Waals surface area contributed by atoms with E-state index in [9.17, 15) is 0 Å². The normalized spacial score (nSPS) is 11.5. The van der Waals surface area contributed by atoms with E-state index in [2.05, 4.69) is 20.5 Å². The van der Waals surface area contributed by atoms with Crippen molar-refractivity contribution in [3.8, 4) is 11.5 Å². The maximum atomic E-state index is 6.26. The van der Waals surface area contributed by atoms with Gasteiger partial charge in [-0.3, -0.25) is 0 Å². The highest BCUT2D eigenvalue weighted by atomic mass is 32.2. The van der Waals surface area contributed by atoms with E-state index in [4.69, 9.17) is 20.2 Å². The molecule has 0 radical (unpaired) electrons. The molecule has 0 saturated heterocycles. The summed E-state index contributed by atoms with van der Waals surface area (Å²) < 4.78 is 13.7. The molecule has 0 atom stereocenters. The van der Waals surface area contributed by atoms with E-state index in [-0.39, 0.29) is 0 Å². The van der Waals surface area contributed by atoms with Gasteiger partial charge in [0.25, 0.3) is 0 Å². The van der Waals surface area contributed by atoms with Crippen LogP contribution in [-0.4, -0.2) is 60.0 Å². The van der Waals surface area contributed by atoms with Gasteiger partial charge in [-0.25, -0.2) is 9.97 Å². The van der Waals surface area contributed by atoms with E-state index >= 15 is 0 Å². The SMILES string of the molecule is COc1cc(OCCN(C)C)ccc1Cn1c(SC)nc2c(N)nc3ccccc3c21. The number of fused-ring (bicyclic) bond motifs is 3. The average Bonchev–Trinajstić information content (AvgIpc) is 3.14. The lowest BCUT2D eigenvalue weighted by molar-refractivity contribution is 0.260. The molecule has 7 nitrogen and oxygen atoms in total. The lowest BCUT2D eigenvalue weighted by Crippen LogP contribution is -2.19. The summed E-state index contributed by atoms with van der Waals surface area (Å²) in [5.74, 6) is 2.02. The first-order valence-electron chi connectivity index (χ1n) is 10.0. The Balaban J connectivity index is 1.76. The van der Waals surface area contributed by atoms with Crippen LogP contribution in [0.3, 0.4) is 0 Å². The Kier molecular flexibility index (Phi) is 6.20. The number of methoxy groups -OCH3 is 1. The zero-order valence-corrected chi connectivity index (χ0v) is 19.1. The Morgan fingerprint density at radius 3 is 2.68 bits per heavy atom. The number of para-hydroxylation sites is 1. The Bertz CT molecular complexity index is 1220. The Hall–Kier alpha value is -2.97. The molecule has 2 aromatic carbocycles. The van der Waals surface area contributed by atoms with Crippen LogP contribution in [0.25, 0.3) is 21.9 Å². The van der Waals surface area contributed by atoms with Crippen molar-refractivity contribution in [2.45, 2.75) is 11.7 Å². The van der Waals surface area contributed by atoms with Crippen LogP contribution in [-0.2, 0) is 6.54 Å². The van der Waals surface area contributed by atoms with Gasteiger partial charge in [-0.05, 0) is 38.6 Å². The summed E-state index contributed by atoms with van der Waals surface area (Å²) in [5.41, 5.74) is 9.87. The number of benzene rings is 2. The molecule has 0 aliphatic heterocycles. The highest BCUT2D eigenvalue weighted by molar-refractivity contribution is 7.98. The largest absolute Gasteiger partial charge is 0.496 e. The maximum absolute atomic E-state index is 6.26. The standard InChI is InChI=1S/C23H27N5O2S/c1-27(2)11-12-30-16-10-9-15(19(13-16)29-3)14-28-21-17-7-5-6-8-18(17)25-22(24)20(21)26-23(28)31-4/h5-10,13H,11-12,14H2,1-4H3,(H2,24,25). The van der Waals surface area contributed by atoms with E-state index in [0.29, 0.717) is 19.0 Å². The number of hydrogen-bond donors (Lipinski definition) is 1. The fourth-order valence-corrected chi connectivity index (χ4v) is 4.16. The maximum Gasteiger partial charge on any atom is 0.169 e. The minimum atomic E-state index is 0.444. The molecule has 2 aromatic heterocycles. The fraction of sp³-hybridized carbons (Fsp3) is 0.304. The number of nitrogen functional groups attached to an aromatic ring is 1. The van der Waals surface area contributed by atoms with Crippen LogP contribution < -0.4 is 15.2 Å². The van der Waals surface area contributed by atoms with Crippen LogP contribution in [0.15, 0.2) is 47.6 Å². The molecule has 0 aliphatic rings. The van der Waals surface area contributed by atoms with Crippen molar-refractivity contribution in [2.75, 3.05) is 46.3 Å². The van der Waals surface area contributed by atoms with Gasteiger partial charge < -0.3 is 24.7 Å². The number of anilines is 1. The van der Waals surface area contributed by atoms with Crippen molar-refractivity contribution >= 4 is 39.5 Å². The van der Waals surface area contributed by atoms with Crippen LogP contribution in [0.4, 0.5) is 5.82 Å². The zero-order valence-electron chi connectivity index (χ0n) is 18.3. The summed E-state index contributed by atoms with van der Waals surface area (Å²) in [6, 6.07) is 14.0. The van der Waals surface area contributed by atoms with E-state index in [1.165, 1.54) is 0 Å². The van der Waals surface area contributed by atoms with Gasteiger partial charge in [-0.1, -0.05) is 30.0 Å². The van der Waals surface area contributed by atoms with Crippen LogP contribution in [0, 0.1) is 0 Å². The predicted octanol–water partition coefficient (Wildman–Crippen LogP) is 3.89. The number of thioether (sulfide) groups is 1. The molecular weight excluding hydrogens is 410 g/mol. The molecular formula is C23H27N5O2S. The van der Waals surface area contributed by atoms with Crippen molar-refractivity contribution in [1.82, 2.24) is 19.4 Å². The molecule has 0 fully saturated rings. The van der Waals surface area contributed by atoms with Crippen molar-refractivity contribution in [1.29, 1.82) is 0 Å². The topological polar surface area (TPSA) is 78.4 Å². The number of hydrogen-bond acceptors (Lipinski definition) is 7. The Labute approximate surface area is 186 Å². The molecule has 0 aliphatic carbocycles. The lowest BCUT2D eigenvalue weighted by Gasteiger charge is -2.15. The molecule has 31 heavy (non-hydrogen) atoms. The molecule has 0 unspecified atom stereocenters. The lowest BCUT2D eigenvalue weighted by atomic mass is 10.1. The summed E-state index contributed by atoms with van der Waals surface area (Å²) in [4.78, 5) is 11.4. The molecule has 4 aromatic rings. The number of nitrogens with zero attached hydrogens (tertiary/aromatic N) is 4. The third-order valence-corrected chi connectivity index (χ3v) is 5.83. The third kappa shape index (κ3) is 4.26. The molecule has 4 rings (SSSR count). The molecule has 0 saturated carbocycles. The second kappa shape index (κ2) is 9.03. The van der Waals surface area contributed by atoms with Crippen molar-refractivity contribution in [2.24, 2.45) is 0 Å². The minimum Gasteiger partial charge on any atom is -0.496 e. The number of rotatable bonds is 8. The number of pyridine rings is 1. The summed E-state index contributed by atoms with van der Waals surface area (Å²) in [7, 11) is 5.73. The van der Waals surface area contributed by atoms with Gasteiger partial charge >= 0.3 is 0 Å². The molecule has 0 amide bonds. The van der Waals surface area contributed by atoms with Crippen LogP contribution >= 0.6 is 11.8 Å². The highest BCUT2D eigenvalue weighted by Gasteiger charge is 2.18. The van der Waals surface area contributed by atoms with Gasteiger partial charge in [-0.15, -0.1) is 0 Å². The molecule has 8 heteroatoms. The van der Waals surface area contributed by atoms with Gasteiger partial charge in [0.2, 0.25) is 0 Å². The van der Waals surface area contributed by atoms with Crippen molar-refractivity contribution < 1.29 is 9.47 Å². The van der Waals surface area contributed by atoms with Gasteiger partial charge in [0, 0.05) is 23.6 Å². The molecule has 0 bridgehead atoms. The first-order valence-corrected chi connectivity index (χ1v) is 11.3. The van der Waals surface area contributed by atoms with Gasteiger partial charge in [0.05, 0.1) is 24.7 Å². The highest BCUT2D eigenvalue weighted by Crippen LogP contribution is 2.34. The minimum absolute atomic E-state index is 0.444. The number of aromatic nitrogens is 3. The summed E-state index contributed by atoms with van der Waals surface area (Å²) >= 11 is 1.59. The predicted molar refractivity (Wildman–Crippen MR) is 127 cm³/mol. The molecule has 162 valence electrons. The fourth-order valence-electron chi connectivity index (χ4n) is 3.60. The first kappa shape index (κ1) is 21.3. The molecule has 0 spiro atoms. The van der Waals surface area contributed by atoms with E-state index in [1.807, 2.05) is 56.7 Å². The molecule has 2 N–H and O–H groups in total. The first-order chi connectivity index (χ1) is 15.0. The van der Waals surface area contributed by atoms with Crippen molar-refractivity contribution in [3.63, 3.8) is 0 Å². The Morgan fingerprint density at radius 2 is 1.94 bits per heavy atom. The number of ether oxygens (including phenoxy) is 2. The molecule has 2 heterocycles. The van der Waals surface area contributed by atoms with Gasteiger partial charge in [0.1, 0.15) is 23.6 Å². The van der Waals surface area contributed by atoms with Crippen molar-refractivity contribution in [3.05, 3.63) is 48.0 Å². The summed E-state index contributed by atoms with van der Waals surface area (Å²) in [6.07, 6.45) is 2.02. The van der Waals surface area contributed by atoms with Crippen LogP contribution in [0.1, 0.15) is 5.56 Å². The van der Waals surface area contributed by atoms with E-state index < -0.39 is 0 Å². The third-order valence-electron chi connectivity index (χ3n) is 5.15. The zero-order chi connectivity index (χ0) is 22.0. The van der Waals surface area contributed by atoms with Gasteiger partial charge in [-0.2, -0.15) is 0 Å². The monoisotopic (exact) mass is 437 g/mol. The second-order valence-corrected chi connectivity index (χ2v) is 8.29. The van der Waals surface area contributed by atoms with E-state index in [0.717, 1.165) is 50.7 Å². The van der Waals surface area contributed by atoms with E-state index in [1.54, 1.807) is 18.9 Å². The van der Waals surface area contributed by atoms with Crippen LogP contribution in [0.5, 0.6) is 11.5 Å². The number of imidazole rings is 1. The van der Waals surface area contributed by atoms with Crippen LogP contribution in [0.2, 0.25) is 0 Å². The summed E-state index contributed by atoms with van der Waals surface area (Å²) in [6.45, 7) is 2.07. The Morgan fingerprint density at radius 1 is 1.13 bits per heavy atom.